The standard InChI is InChI=1S/C21H23N5O/c27-20-17-6-7-21(8-10-26(11-9-21)13-16-12-22-14-23-16)18(17)24-19(25-20)15-4-2-1-3-5-15/h1-5,12,14H,6-11,13H2,(H,22,23)(H,24,25,27). The number of hydrogen-bond acceptors (Lipinski definition) is 4. The lowest BCUT2D eigenvalue weighted by molar-refractivity contribution is 0.149. The lowest BCUT2D eigenvalue weighted by Crippen LogP contribution is -2.41. The number of nitrogens with one attached hydrogen (secondary N) is 2. The number of aromatic amines is 2. The molecular formula is C21H23N5O. The van der Waals surface area contributed by atoms with Crippen molar-refractivity contribution in [2.45, 2.75) is 37.6 Å². The second-order valence-corrected chi connectivity index (χ2v) is 7.74. The average molecular weight is 361 g/mol. The Morgan fingerprint density at radius 1 is 1.11 bits per heavy atom. The maximum Gasteiger partial charge on any atom is 0.254 e. The number of rotatable bonds is 3. The van der Waals surface area contributed by atoms with Crippen LogP contribution in [0, 0.1) is 0 Å². The molecule has 0 bridgehead atoms. The molecule has 5 rings (SSSR count). The zero-order valence-electron chi connectivity index (χ0n) is 15.2. The van der Waals surface area contributed by atoms with Crippen LogP contribution in [0.2, 0.25) is 0 Å². The molecule has 1 saturated heterocycles. The molecule has 1 fully saturated rings. The fraction of sp³-hybridized carbons (Fsp3) is 0.381. The number of hydrogen-bond donors (Lipinski definition) is 2. The Morgan fingerprint density at radius 3 is 2.67 bits per heavy atom. The van der Waals surface area contributed by atoms with E-state index in [1.807, 2.05) is 36.5 Å². The van der Waals surface area contributed by atoms with Gasteiger partial charge in [-0.1, -0.05) is 30.3 Å². The highest BCUT2D eigenvalue weighted by Crippen LogP contribution is 2.44. The highest BCUT2D eigenvalue weighted by molar-refractivity contribution is 5.55. The zero-order valence-corrected chi connectivity index (χ0v) is 15.2. The molecule has 1 spiro atoms. The van der Waals surface area contributed by atoms with Crippen LogP contribution in [0.5, 0.6) is 0 Å². The molecule has 2 N–H and O–H groups in total. The Bertz CT molecular complexity index is 985. The number of imidazole rings is 1. The van der Waals surface area contributed by atoms with E-state index in [4.69, 9.17) is 4.98 Å². The van der Waals surface area contributed by atoms with E-state index < -0.39 is 0 Å². The molecule has 0 radical (unpaired) electrons. The predicted molar refractivity (Wildman–Crippen MR) is 103 cm³/mol. The number of piperidine rings is 1. The summed E-state index contributed by atoms with van der Waals surface area (Å²) in [4.78, 5) is 30.4. The SMILES string of the molecule is O=c1[nH]c(-c2ccccc2)nc2c1CCC21CCN(Cc2cnc[nH]2)CC1. The summed E-state index contributed by atoms with van der Waals surface area (Å²) in [7, 11) is 0. The summed E-state index contributed by atoms with van der Waals surface area (Å²) in [5.74, 6) is 0.695. The summed E-state index contributed by atoms with van der Waals surface area (Å²) in [6, 6.07) is 9.93. The van der Waals surface area contributed by atoms with Gasteiger partial charge in [-0.25, -0.2) is 9.97 Å². The van der Waals surface area contributed by atoms with Crippen LogP contribution in [0.1, 0.15) is 36.2 Å². The van der Waals surface area contributed by atoms with Crippen molar-refractivity contribution in [2.24, 2.45) is 0 Å². The van der Waals surface area contributed by atoms with Crippen LogP contribution in [-0.4, -0.2) is 37.9 Å². The van der Waals surface area contributed by atoms with Crippen LogP contribution in [0.25, 0.3) is 11.4 Å². The number of likely N-dealkylation sites (tertiary alicyclic amines) is 1. The summed E-state index contributed by atoms with van der Waals surface area (Å²) in [6.07, 6.45) is 7.61. The van der Waals surface area contributed by atoms with E-state index in [1.54, 1.807) is 6.33 Å². The summed E-state index contributed by atoms with van der Waals surface area (Å²) < 4.78 is 0. The minimum Gasteiger partial charge on any atom is -0.347 e. The van der Waals surface area contributed by atoms with Crippen LogP contribution in [0.4, 0.5) is 0 Å². The van der Waals surface area contributed by atoms with Crippen molar-refractivity contribution in [1.29, 1.82) is 0 Å². The molecule has 0 amide bonds. The first-order chi connectivity index (χ1) is 13.2. The Hall–Kier alpha value is -2.73. The van der Waals surface area contributed by atoms with E-state index >= 15 is 0 Å². The van der Waals surface area contributed by atoms with Crippen molar-refractivity contribution in [2.75, 3.05) is 13.1 Å². The molecule has 1 aliphatic carbocycles. The topological polar surface area (TPSA) is 77.7 Å². The third-order valence-electron chi connectivity index (χ3n) is 6.18. The summed E-state index contributed by atoms with van der Waals surface area (Å²) in [5.41, 5.74) is 4.16. The van der Waals surface area contributed by atoms with Crippen LogP contribution < -0.4 is 5.56 Å². The molecule has 1 aliphatic heterocycles. The molecule has 2 aromatic heterocycles. The number of benzene rings is 1. The molecule has 0 atom stereocenters. The van der Waals surface area contributed by atoms with E-state index in [2.05, 4.69) is 19.9 Å². The molecule has 3 heterocycles. The Morgan fingerprint density at radius 2 is 1.93 bits per heavy atom. The number of nitrogens with zero attached hydrogens (tertiary/aromatic N) is 3. The third kappa shape index (κ3) is 2.90. The minimum absolute atomic E-state index is 0.0376. The van der Waals surface area contributed by atoms with Crippen LogP contribution in [0.3, 0.4) is 0 Å². The fourth-order valence-electron chi connectivity index (χ4n) is 4.62. The van der Waals surface area contributed by atoms with Gasteiger partial charge in [0, 0.05) is 35.0 Å². The van der Waals surface area contributed by atoms with Crippen molar-refractivity contribution < 1.29 is 0 Å². The minimum atomic E-state index is 0.0376. The second kappa shape index (κ2) is 6.46. The molecular weight excluding hydrogens is 338 g/mol. The van der Waals surface area contributed by atoms with Gasteiger partial charge >= 0.3 is 0 Å². The highest BCUT2D eigenvalue weighted by atomic mass is 16.1. The van der Waals surface area contributed by atoms with Gasteiger partial charge in [0.25, 0.3) is 5.56 Å². The molecule has 1 aromatic carbocycles. The van der Waals surface area contributed by atoms with Gasteiger partial charge < -0.3 is 9.97 Å². The van der Waals surface area contributed by atoms with Crippen molar-refractivity contribution in [3.8, 4) is 11.4 Å². The average Bonchev–Trinajstić information content (AvgIpc) is 3.33. The van der Waals surface area contributed by atoms with Crippen LogP contribution in [-0.2, 0) is 18.4 Å². The predicted octanol–water partition coefficient (Wildman–Crippen LogP) is 2.64. The Labute approximate surface area is 157 Å². The lowest BCUT2D eigenvalue weighted by atomic mass is 9.76. The highest BCUT2D eigenvalue weighted by Gasteiger charge is 2.43. The maximum atomic E-state index is 12.7. The monoisotopic (exact) mass is 361 g/mol. The van der Waals surface area contributed by atoms with E-state index in [9.17, 15) is 4.79 Å². The molecule has 6 nitrogen and oxygen atoms in total. The van der Waals surface area contributed by atoms with Gasteiger partial charge in [-0.2, -0.15) is 0 Å². The summed E-state index contributed by atoms with van der Waals surface area (Å²) in [5, 5.41) is 0. The smallest absolute Gasteiger partial charge is 0.254 e. The normalized spacial score (nSPS) is 18.7. The molecule has 6 heteroatoms. The number of fused-ring (bicyclic) bond motifs is 2. The van der Waals surface area contributed by atoms with E-state index in [1.165, 1.54) is 0 Å². The first kappa shape index (κ1) is 16.4. The van der Waals surface area contributed by atoms with E-state index in [0.717, 1.165) is 67.8 Å². The van der Waals surface area contributed by atoms with Gasteiger partial charge in [-0.3, -0.25) is 9.69 Å². The Balaban J connectivity index is 1.43. The quantitative estimate of drug-likeness (QED) is 0.752. The second-order valence-electron chi connectivity index (χ2n) is 7.74. The first-order valence-electron chi connectivity index (χ1n) is 9.62. The van der Waals surface area contributed by atoms with Gasteiger partial charge in [0.1, 0.15) is 5.82 Å². The maximum absolute atomic E-state index is 12.7. The summed E-state index contributed by atoms with van der Waals surface area (Å²) in [6.45, 7) is 2.95. The largest absolute Gasteiger partial charge is 0.347 e. The van der Waals surface area contributed by atoms with Crippen molar-refractivity contribution >= 4 is 0 Å². The van der Waals surface area contributed by atoms with Gasteiger partial charge in [-0.15, -0.1) is 0 Å². The van der Waals surface area contributed by atoms with Crippen LogP contribution >= 0.6 is 0 Å². The fourth-order valence-corrected chi connectivity index (χ4v) is 4.62. The molecule has 0 unspecified atom stereocenters. The third-order valence-corrected chi connectivity index (χ3v) is 6.18. The van der Waals surface area contributed by atoms with Gasteiger partial charge in [0.05, 0.1) is 12.0 Å². The molecule has 3 aromatic rings. The number of aromatic nitrogens is 4. The van der Waals surface area contributed by atoms with E-state index in [0.29, 0.717) is 5.82 Å². The molecule has 0 saturated carbocycles. The molecule has 138 valence electrons. The van der Waals surface area contributed by atoms with E-state index in [-0.39, 0.29) is 11.0 Å². The van der Waals surface area contributed by atoms with Gasteiger partial charge in [-0.05, 0) is 38.8 Å². The lowest BCUT2D eigenvalue weighted by Gasteiger charge is -2.39. The van der Waals surface area contributed by atoms with Gasteiger partial charge in [0.15, 0.2) is 0 Å². The number of H-pyrrole nitrogens is 2. The van der Waals surface area contributed by atoms with Crippen LogP contribution in [0.15, 0.2) is 47.7 Å². The summed E-state index contributed by atoms with van der Waals surface area (Å²) >= 11 is 0. The first-order valence-corrected chi connectivity index (χ1v) is 9.62. The molecule has 27 heavy (non-hydrogen) atoms. The van der Waals surface area contributed by atoms with Gasteiger partial charge in [0.2, 0.25) is 0 Å². The van der Waals surface area contributed by atoms with Crippen molar-refractivity contribution in [3.05, 3.63) is 70.2 Å². The Kier molecular flexibility index (Phi) is 3.93. The van der Waals surface area contributed by atoms with Crippen molar-refractivity contribution in [1.82, 2.24) is 24.8 Å². The zero-order chi connectivity index (χ0) is 18.3. The molecule has 2 aliphatic rings. The van der Waals surface area contributed by atoms with Crippen molar-refractivity contribution in [3.63, 3.8) is 0 Å².